The third kappa shape index (κ3) is 7.60. The van der Waals surface area contributed by atoms with Crippen LogP contribution >= 0.6 is 11.6 Å². The van der Waals surface area contributed by atoms with E-state index < -0.39 is 45.9 Å². The van der Waals surface area contributed by atoms with Crippen molar-refractivity contribution in [2.75, 3.05) is 5.32 Å². The second-order valence-electron chi connectivity index (χ2n) is 9.61. The summed E-state index contributed by atoms with van der Waals surface area (Å²) >= 11 is 5.99. The molecular weight excluding hydrogens is 551 g/mol. The van der Waals surface area contributed by atoms with Crippen LogP contribution in [0.2, 0.25) is 5.02 Å². The van der Waals surface area contributed by atoms with Gasteiger partial charge < -0.3 is 20.5 Å². The zero-order chi connectivity index (χ0) is 29.8. The molecule has 40 heavy (non-hydrogen) atoms. The number of benzene rings is 3. The maximum Gasteiger partial charge on any atom is 0.417 e. The summed E-state index contributed by atoms with van der Waals surface area (Å²) in [6.07, 6.45) is -5.57. The number of aromatic carboxylic acids is 1. The molecule has 0 heterocycles. The van der Waals surface area contributed by atoms with Crippen molar-refractivity contribution in [1.82, 2.24) is 5.32 Å². The standard InChI is InChI=1S/C28H25ClF3N3O5/c1-27(2,3)40-26(39)34-14-15-7-12-18(23(33)16-8-10-17(11-9-16)25(37)38)21(13-15)35-24(36)22-19(28(30,31)32)5-4-6-20(22)29/h4-13,33H,14H2,1-3H3,(H,34,39)(H,35,36)(H,37,38). The van der Waals surface area contributed by atoms with E-state index in [-0.39, 0.29) is 34.6 Å². The molecule has 0 saturated carbocycles. The third-order valence-corrected chi connectivity index (χ3v) is 5.72. The van der Waals surface area contributed by atoms with Gasteiger partial charge in [0, 0.05) is 17.7 Å². The first-order valence-electron chi connectivity index (χ1n) is 11.8. The molecule has 0 bridgehead atoms. The Kier molecular flexibility index (Phi) is 8.89. The van der Waals surface area contributed by atoms with E-state index in [4.69, 9.17) is 26.9 Å². The number of carboxylic acids is 1. The molecule has 3 aromatic carbocycles. The van der Waals surface area contributed by atoms with E-state index in [1.807, 2.05) is 0 Å². The van der Waals surface area contributed by atoms with Crippen molar-refractivity contribution in [2.24, 2.45) is 0 Å². The van der Waals surface area contributed by atoms with E-state index >= 15 is 0 Å². The number of anilines is 1. The van der Waals surface area contributed by atoms with Crippen LogP contribution in [0.4, 0.5) is 23.7 Å². The maximum absolute atomic E-state index is 13.6. The molecule has 12 heteroatoms. The van der Waals surface area contributed by atoms with Gasteiger partial charge in [0.05, 0.1) is 33.1 Å². The summed E-state index contributed by atoms with van der Waals surface area (Å²) in [6.45, 7) is 5.01. The second-order valence-corrected chi connectivity index (χ2v) is 10.0. The summed E-state index contributed by atoms with van der Waals surface area (Å²) < 4.78 is 46.1. The SMILES string of the molecule is CC(C)(C)OC(=O)NCc1ccc(C(=N)c2ccc(C(=O)O)cc2)c(NC(=O)c2c(Cl)cccc2C(F)(F)F)c1. The summed E-state index contributed by atoms with van der Waals surface area (Å²) in [4.78, 5) is 36.4. The fourth-order valence-corrected chi connectivity index (χ4v) is 3.88. The van der Waals surface area contributed by atoms with Gasteiger partial charge in [-0.2, -0.15) is 13.2 Å². The Morgan fingerprint density at radius 2 is 1.60 bits per heavy atom. The average Bonchev–Trinajstić information content (AvgIpc) is 2.85. The number of ether oxygens (including phenoxy) is 1. The molecule has 2 amide bonds. The number of alkyl carbamates (subject to hydrolysis) is 1. The number of rotatable bonds is 7. The van der Waals surface area contributed by atoms with Crippen molar-refractivity contribution in [2.45, 2.75) is 39.1 Å². The molecule has 0 aliphatic heterocycles. The highest BCUT2D eigenvalue weighted by Gasteiger charge is 2.36. The van der Waals surface area contributed by atoms with Gasteiger partial charge in [0.25, 0.3) is 5.91 Å². The summed E-state index contributed by atoms with van der Waals surface area (Å²) in [5.74, 6) is -2.32. The molecule has 3 rings (SSSR count). The smallest absolute Gasteiger partial charge is 0.417 e. The van der Waals surface area contributed by atoms with Gasteiger partial charge in [-0.1, -0.05) is 41.9 Å². The monoisotopic (exact) mass is 575 g/mol. The van der Waals surface area contributed by atoms with Crippen molar-refractivity contribution in [3.63, 3.8) is 0 Å². The molecule has 0 radical (unpaired) electrons. The molecular formula is C28H25ClF3N3O5. The first-order chi connectivity index (χ1) is 18.6. The maximum atomic E-state index is 13.6. The highest BCUT2D eigenvalue weighted by Crippen LogP contribution is 2.35. The van der Waals surface area contributed by atoms with Crippen LogP contribution < -0.4 is 10.6 Å². The number of amides is 2. The summed E-state index contributed by atoms with van der Waals surface area (Å²) in [5, 5.41) is 22.4. The highest BCUT2D eigenvalue weighted by atomic mass is 35.5. The molecule has 8 nitrogen and oxygen atoms in total. The largest absolute Gasteiger partial charge is 0.478 e. The van der Waals surface area contributed by atoms with Crippen molar-refractivity contribution in [1.29, 1.82) is 5.41 Å². The minimum absolute atomic E-state index is 0.00737. The molecule has 210 valence electrons. The first-order valence-corrected chi connectivity index (χ1v) is 12.1. The minimum atomic E-state index is -4.86. The van der Waals surface area contributed by atoms with Gasteiger partial charge in [-0.25, -0.2) is 9.59 Å². The van der Waals surface area contributed by atoms with E-state index in [0.717, 1.165) is 18.2 Å². The van der Waals surface area contributed by atoms with E-state index in [2.05, 4.69) is 10.6 Å². The number of alkyl halides is 3. The fraction of sp³-hybridized carbons (Fsp3) is 0.214. The van der Waals surface area contributed by atoms with Crippen molar-refractivity contribution >= 4 is 41.0 Å². The van der Waals surface area contributed by atoms with Crippen LogP contribution in [0.1, 0.15) is 63.7 Å². The molecule has 0 atom stereocenters. The lowest BCUT2D eigenvalue weighted by Crippen LogP contribution is -2.32. The predicted molar refractivity (Wildman–Crippen MR) is 143 cm³/mol. The Bertz CT molecular complexity index is 1470. The lowest BCUT2D eigenvalue weighted by molar-refractivity contribution is -0.137. The van der Waals surface area contributed by atoms with E-state index in [1.165, 1.54) is 36.4 Å². The first kappa shape index (κ1) is 30.2. The third-order valence-electron chi connectivity index (χ3n) is 5.40. The molecule has 0 spiro atoms. The average molecular weight is 576 g/mol. The van der Waals surface area contributed by atoms with E-state index in [1.54, 1.807) is 26.8 Å². The zero-order valence-corrected chi connectivity index (χ0v) is 22.3. The molecule has 0 aliphatic carbocycles. The molecule has 0 aliphatic rings. The number of carbonyl (C=O) groups excluding carboxylic acids is 2. The predicted octanol–water partition coefficient (Wildman–Crippen LogP) is 6.75. The topological polar surface area (TPSA) is 129 Å². The molecule has 0 saturated heterocycles. The van der Waals surface area contributed by atoms with Crippen LogP contribution in [-0.4, -0.2) is 34.4 Å². The van der Waals surface area contributed by atoms with Gasteiger partial charge >= 0.3 is 18.2 Å². The van der Waals surface area contributed by atoms with Crippen molar-refractivity contribution in [3.8, 4) is 0 Å². The lowest BCUT2D eigenvalue weighted by Gasteiger charge is -2.20. The Labute approximate surface area is 232 Å². The number of nitrogens with one attached hydrogen (secondary N) is 3. The van der Waals surface area contributed by atoms with Crippen LogP contribution in [-0.2, 0) is 17.5 Å². The second kappa shape index (κ2) is 11.8. The van der Waals surface area contributed by atoms with Gasteiger partial charge in [-0.05, 0) is 56.7 Å². The molecule has 3 aromatic rings. The van der Waals surface area contributed by atoms with Crippen LogP contribution in [0.25, 0.3) is 0 Å². The van der Waals surface area contributed by atoms with Gasteiger partial charge in [0.15, 0.2) is 0 Å². The summed E-state index contributed by atoms with van der Waals surface area (Å²) in [5.41, 5.74) is -2.11. The molecule has 0 unspecified atom stereocenters. The van der Waals surface area contributed by atoms with Gasteiger partial charge in [0.2, 0.25) is 0 Å². The Hall–Kier alpha value is -4.38. The molecule has 4 N–H and O–H groups in total. The number of carboxylic acid groups (broad SMARTS) is 1. The quantitative estimate of drug-likeness (QED) is 0.232. The van der Waals surface area contributed by atoms with Crippen LogP contribution in [0.15, 0.2) is 60.7 Å². The minimum Gasteiger partial charge on any atom is -0.478 e. The molecule has 0 fully saturated rings. The fourth-order valence-electron chi connectivity index (χ4n) is 3.62. The Balaban J connectivity index is 2.01. The van der Waals surface area contributed by atoms with Crippen molar-refractivity contribution < 1.29 is 37.4 Å². The Morgan fingerprint density at radius 1 is 0.975 bits per heavy atom. The number of carbonyl (C=O) groups is 3. The Morgan fingerprint density at radius 3 is 2.17 bits per heavy atom. The summed E-state index contributed by atoms with van der Waals surface area (Å²) in [7, 11) is 0. The zero-order valence-electron chi connectivity index (χ0n) is 21.6. The molecule has 0 aromatic heterocycles. The van der Waals surface area contributed by atoms with Crippen LogP contribution in [0, 0.1) is 5.41 Å². The van der Waals surface area contributed by atoms with E-state index in [0.29, 0.717) is 5.56 Å². The normalized spacial score (nSPS) is 11.5. The lowest BCUT2D eigenvalue weighted by atomic mass is 9.97. The van der Waals surface area contributed by atoms with Crippen LogP contribution in [0.3, 0.4) is 0 Å². The van der Waals surface area contributed by atoms with E-state index in [9.17, 15) is 27.6 Å². The van der Waals surface area contributed by atoms with Gasteiger partial charge in [-0.15, -0.1) is 0 Å². The van der Waals surface area contributed by atoms with Crippen LogP contribution in [0.5, 0.6) is 0 Å². The number of halogens is 4. The van der Waals surface area contributed by atoms with Gasteiger partial charge in [0.1, 0.15) is 5.60 Å². The number of hydrogen-bond donors (Lipinski definition) is 4. The summed E-state index contributed by atoms with van der Waals surface area (Å²) in [6, 6.07) is 12.7. The highest BCUT2D eigenvalue weighted by molar-refractivity contribution is 6.34. The number of hydrogen-bond acceptors (Lipinski definition) is 5. The van der Waals surface area contributed by atoms with Gasteiger partial charge in [-0.3, -0.25) is 10.2 Å². The van der Waals surface area contributed by atoms with Crippen molar-refractivity contribution in [3.05, 3.63) is 99.1 Å².